The predicted molar refractivity (Wildman–Crippen MR) is 75.5 cm³/mol. The lowest BCUT2D eigenvalue weighted by molar-refractivity contribution is -0.0346. The first-order valence-electron chi connectivity index (χ1n) is 7.73. The normalized spacial score (nSPS) is 39.9. The number of hydrogen-bond donors (Lipinski definition) is 2. The van der Waals surface area contributed by atoms with E-state index in [1.54, 1.807) is 0 Å². The van der Waals surface area contributed by atoms with Crippen LogP contribution in [0.2, 0.25) is 0 Å². The van der Waals surface area contributed by atoms with Crippen molar-refractivity contribution in [2.45, 2.75) is 44.7 Å². The van der Waals surface area contributed by atoms with E-state index in [4.69, 9.17) is 5.73 Å². The van der Waals surface area contributed by atoms with Gasteiger partial charge in [-0.2, -0.15) is 5.10 Å². The third kappa shape index (κ3) is 1.80. The van der Waals surface area contributed by atoms with Crippen LogP contribution in [0.5, 0.6) is 0 Å². The lowest BCUT2D eigenvalue weighted by Crippen LogP contribution is -2.46. The van der Waals surface area contributed by atoms with Crippen LogP contribution in [0.4, 0.5) is 5.82 Å². The summed E-state index contributed by atoms with van der Waals surface area (Å²) in [4.78, 5) is 0. The van der Waals surface area contributed by atoms with Crippen molar-refractivity contribution in [3.63, 3.8) is 0 Å². The summed E-state index contributed by atoms with van der Waals surface area (Å²) >= 11 is 0. The molecule has 0 aromatic carbocycles. The van der Waals surface area contributed by atoms with Gasteiger partial charge >= 0.3 is 0 Å². The molecule has 0 amide bonds. The fraction of sp³-hybridized carbons (Fsp3) is 0.800. The molecule has 5 rings (SSSR count). The maximum Gasteiger partial charge on any atom is 0.145 e. The Hall–Kier alpha value is -1.03. The van der Waals surface area contributed by atoms with Crippen molar-refractivity contribution in [3.8, 4) is 0 Å². The molecule has 4 bridgehead atoms. The average molecular weight is 260 g/mol. The summed E-state index contributed by atoms with van der Waals surface area (Å²) in [6.45, 7) is 0.868. The fourth-order valence-electron chi connectivity index (χ4n) is 5.32. The summed E-state index contributed by atoms with van der Waals surface area (Å²) in [5, 5.41) is 7.87. The maximum absolute atomic E-state index is 5.94. The molecule has 4 aliphatic carbocycles. The Balaban J connectivity index is 1.68. The molecular formula is C15H24N4. The molecule has 0 saturated heterocycles. The van der Waals surface area contributed by atoms with Crippen LogP contribution in [0.1, 0.15) is 43.8 Å². The topological polar surface area (TPSA) is 55.9 Å². The Morgan fingerprint density at radius 3 is 2.42 bits per heavy atom. The highest BCUT2D eigenvalue weighted by molar-refractivity contribution is 5.30. The lowest BCUT2D eigenvalue weighted by Gasteiger charge is -2.54. The number of nitrogen functional groups attached to an aromatic ring is 1. The molecular weight excluding hydrogens is 236 g/mol. The summed E-state index contributed by atoms with van der Waals surface area (Å²) in [5.41, 5.74) is 7.20. The van der Waals surface area contributed by atoms with E-state index in [0.717, 1.165) is 30.2 Å². The van der Waals surface area contributed by atoms with E-state index in [1.807, 2.05) is 13.1 Å². The largest absolute Gasteiger partial charge is 0.382 e. The van der Waals surface area contributed by atoms with Crippen molar-refractivity contribution in [3.05, 3.63) is 11.8 Å². The number of aromatic nitrogens is 2. The summed E-state index contributed by atoms with van der Waals surface area (Å²) in [5.74, 6) is 4.41. The zero-order valence-corrected chi connectivity index (χ0v) is 11.7. The van der Waals surface area contributed by atoms with Gasteiger partial charge in [-0.15, -0.1) is 0 Å². The molecule has 0 radical (unpaired) electrons. The van der Waals surface area contributed by atoms with E-state index in [0.29, 0.717) is 11.9 Å². The van der Waals surface area contributed by atoms with Gasteiger partial charge < -0.3 is 11.1 Å². The number of hydrogen-bond acceptors (Lipinski definition) is 3. The lowest BCUT2D eigenvalue weighted by atomic mass is 9.54. The van der Waals surface area contributed by atoms with Gasteiger partial charge in [-0.1, -0.05) is 0 Å². The smallest absolute Gasteiger partial charge is 0.145 e. The van der Waals surface area contributed by atoms with Crippen molar-refractivity contribution >= 4 is 5.82 Å². The van der Waals surface area contributed by atoms with Crippen LogP contribution < -0.4 is 11.1 Å². The molecule has 4 heteroatoms. The van der Waals surface area contributed by atoms with E-state index in [-0.39, 0.29) is 0 Å². The summed E-state index contributed by atoms with van der Waals surface area (Å²) < 4.78 is 2.28. The Morgan fingerprint density at radius 1 is 1.21 bits per heavy atom. The fourth-order valence-corrected chi connectivity index (χ4v) is 5.32. The molecule has 4 aliphatic rings. The average Bonchev–Trinajstić information content (AvgIpc) is 2.69. The number of rotatable bonds is 3. The maximum atomic E-state index is 5.94. The minimum Gasteiger partial charge on any atom is -0.382 e. The third-order valence-electron chi connectivity index (χ3n) is 5.65. The van der Waals surface area contributed by atoms with Gasteiger partial charge in [0, 0.05) is 12.6 Å². The molecule has 4 fully saturated rings. The van der Waals surface area contributed by atoms with Crippen molar-refractivity contribution in [2.75, 3.05) is 12.8 Å². The van der Waals surface area contributed by atoms with Crippen LogP contribution in [0.25, 0.3) is 0 Å². The van der Waals surface area contributed by atoms with E-state index in [2.05, 4.69) is 15.1 Å². The molecule has 1 aromatic rings. The Bertz CT molecular complexity index is 450. The molecule has 0 spiro atoms. The molecule has 3 N–H and O–H groups in total. The van der Waals surface area contributed by atoms with Gasteiger partial charge in [0.1, 0.15) is 5.82 Å². The van der Waals surface area contributed by atoms with Crippen LogP contribution in [0.15, 0.2) is 6.07 Å². The zero-order chi connectivity index (χ0) is 13.0. The number of nitrogens with two attached hydrogens (primary N) is 1. The molecule has 1 aromatic heterocycles. The SMILES string of the molecule is CNCc1cc(N)nn1C1C2CC3CC(C2)CC1C3. The minimum atomic E-state index is 0.619. The first kappa shape index (κ1) is 11.8. The highest BCUT2D eigenvalue weighted by Gasteiger charge is 2.49. The highest BCUT2D eigenvalue weighted by atomic mass is 15.3. The van der Waals surface area contributed by atoms with Gasteiger partial charge in [0.25, 0.3) is 0 Å². The Kier molecular flexibility index (Phi) is 2.62. The van der Waals surface area contributed by atoms with Crippen LogP contribution in [0, 0.1) is 23.7 Å². The van der Waals surface area contributed by atoms with Crippen LogP contribution >= 0.6 is 0 Å². The van der Waals surface area contributed by atoms with E-state index in [1.165, 1.54) is 37.8 Å². The van der Waals surface area contributed by atoms with Gasteiger partial charge in [0.2, 0.25) is 0 Å². The van der Waals surface area contributed by atoms with E-state index < -0.39 is 0 Å². The third-order valence-corrected chi connectivity index (χ3v) is 5.65. The van der Waals surface area contributed by atoms with Gasteiger partial charge in [0.15, 0.2) is 0 Å². The second-order valence-corrected chi connectivity index (χ2v) is 6.96. The van der Waals surface area contributed by atoms with E-state index >= 15 is 0 Å². The van der Waals surface area contributed by atoms with Gasteiger partial charge in [-0.3, -0.25) is 4.68 Å². The predicted octanol–water partition coefficient (Wildman–Crippen LogP) is 2.18. The van der Waals surface area contributed by atoms with Crippen LogP contribution in [-0.4, -0.2) is 16.8 Å². The molecule has 104 valence electrons. The van der Waals surface area contributed by atoms with Gasteiger partial charge in [0.05, 0.1) is 11.7 Å². The standard InChI is InChI=1S/C15H24N4/c1-17-8-13-7-14(16)18-19(13)15-11-3-9-2-10(5-11)6-12(15)4-9/h7,9-12,15,17H,2-6,8H2,1H3,(H2,16,18). The second-order valence-electron chi connectivity index (χ2n) is 6.96. The first-order chi connectivity index (χ1) is 9.24. The van der Waals surface area contributed by atoms with Crippen molar-refractivity contribution < 1.29 is 0 Å². The van der Waals surface area contributed by atoms with Crippen molar-refractivity contribution in [2.24, 2.45) is 23.7 Å². The minimum absolute atomic E-state index is 0.619. The van der Waals surface area contributed by atoms with Crippen molar-refractivity contribution in [1.82, 2.24) is 15.1 Å². The monoisotopic (exact) mass is 260 g/mol. The molecule has 1 heterocycles. The summed E-state index contributed by atoms with van der Waals surface area (Å²) in [6.07, 6.45) is 7.21. The molecule has 4 saturated carbocycles. The van der Waals surface area contributed by atoms with Crippen molar-refractivity contribution in [1.29, 1.82) is 0 Å². The molecule has 0 unspecified atom stereocenters. The molecule has 19 heavy (non-hydrogen) atoms. The summed E-state index contributed by atoms with van der Waals surface area (Å²) in [6, 6.07) is 2.66. The number of nitrogens with one attached hydrogen (secondary N) is 1. The number of nitrogens with zero attached hydrogens (tertiary/aromatic N) is 2. The van der Waals surface area contributed by atoms with Gasteiger partial charge in [-0.05, 0) is 62.8 Å². The summed E-state index contributed by atoms with van der Waals surface area (Å²) in [7, 11) is 1.99. The zero-order valence-electron chi connectivity index (χ0n) is 11.7. The molecule has 4 nitrogen and oxygen atoms in total. The van der Waals surface area contributed by atoms with Crippen LogP contribution in [0.3, 0.4) is 0 Å². The van der Waals surface area contributed by atoms with Crippen LogP contribution in [-0.2, 0) is 6.54 Å². The van der Waals surface area contributed by atoms with Gasteiger partial charge in [-0.25, -0.2) is 0 Å². The molecule has 0 atom stereocenters. The Morgan fingerprint density at radius 2 is 1.84 bits per heavy atom. The Labute approximate surface area is 114 Å². The second kappa shape index (κ2) is 4.23. The first-order valence-corrected chi connectivity index (χ1v) is 7.73. The molecule has 0 aliphatic heterocycles. The quantitative estimate of drug-likeness (QED) is 0.876. The van der Waals surface area contributed by atoms with E-state index in [9.17, 15) is 0 Å². The number of anilines is 1. The highest BCUT2D eigenvalue weighted by Crippen LogP contribution is 2.58.